The van der Waals surface area contributed by atoms with Gasteiger partial charge in [0.05, 0.1) is 4.83 Å². The van der Waals surface area contributed by atoms with Crippen molar-refractivity contribution in [2.45, 2.75) is 30.0 Å². The number of aryl methyl sites for hydroxylation is 1. The van der Waals surface area contributed by atoms with Gasteiger partial charge < -0.3 is 0 Å². The molecule has 3 heteroatoms. The van der Waals surface area contributed by atoms with E-state index < -0.39 is 0 Å². The van der Waals surface area contributed by atoms with Gasteiger partial charge in [-0.25, -0.2) is 0 Å². The minimum atomic E-state index is -0.170. The molecule has 1 aromatic carbocycles. The highest BCUT2D eigenvalue weighted by atomic mass is 79.9. The van der Waals surface area contributed by atoms with Crippen LogP contribution in [-0.4, -0.2) is 12.0 Å². The maximum atomic E-state index is 11.4. The van der Waals surface area contributed by atoms with E-state index in [9.17, 15) is 4.79 Å². The van der Waals surface area contributed by atoms with E-state index in [-0.39, 0.29) is 10.6 Å². The molecule has 0 bridgehead atoms. The zero-order valence-corrected chi connectivity index (χ0v) is 11.6. The first kappa shape index (κ1) is 12.8. The molecule has 0 aliphatic rings. The van der Waals surface area contributed by atoms with E-state index in [1.165, 1.54) is 10.5 Å². The quantitative estimate of drug-likeness (QED) is 0.615. The van der Waals surface area contributed by atoms with Crippen LogP contribution in [0, 0.1) is 0 Å². The Morgan fingerprint density at radius 2 is 2.20 bits per heavy atom. The van der Waals surface area contributed by atoms with E-state index in [0.29, 0.717) is 0 Å². The summed E-state index contributed by atoms with van der Waals surface area (Å²) in [5, 5.41) is 0. The number of Topliss-reactive ketones (excluding diaryl/α,β-unsaturated/α-hetero) is 1. The molecule has 0 fully saturated rings. The van der Waals surface area contributed by atoms with Gasteiger partial charge >= 0.3 is 0 Å². The molecule has 15 heavy (non-hydrogen) atoms. The van der Waals surface area contributed by atoms with Crippen molar-refractivity contribution < 1.29 is 4.79 Å². The van der Waals surface area contributed by atoms with Crippen molar-refractivity contribution in [2.75, 3.05) is 6.26 Å². The molecule has 1 nitrogen and oxygen atoms in total. The van der Waals surface area contributed by atoms with Gasteiger partial charge in [0.1, 0.15) is 5.78 Å². The van der Waals surface area contributed by atoms with Gasteiger partial charge in [0.25, 0.3) is 0 Å². The molecule has 0 saturated heterocycles. The summed E-state index contributed by atoms with van der Waals surface area (Å²) in [6.07, 6.45) is 3.00. The van der Waals surface area contributed by atoms with Gasteiger partial charge in [-0.05, 0) is 36.8 Å². The molecule has 0 spiro atoms. The number of thioether (sulfide) groups is 1. The third-order valence-electron chi connectivity index (χ3n) is 2.37. The Hall–Kier alpha value is -0.280. The maximum Gasteiger partial charge on any atom is 0.147 e. The van der Waals surface area contributed by atoms with Gasteiger partial charge in [-0.3, -0.25) is 4.79 Å². The van der Waals surface area contributed by atoms with Gasteiger partial charge in [-0.2, -0.15) is 0 Å². The summed E-state index contributed by atoms with van der Waals surface area (Å²) >= 11 is 5.16. The Balaban J connectivity index is 3.27. The van der Waals surface area contributed by atoms with E-state index in [0.717, 1.165) is 12.0 Å². The molecule has 82 valence electrons. The van der Waals surface area contributed by atoms with Gasteiger partial charge in [0.2, 0.25) is 0 Å². The minimum absolute atomic E-state index is 0.159. The predicted octanol–water partition coefficient (Wildman–Crippen LogP) is 4.00. The highest BCUT2D eigenvalue weighted by Gasteiger charge is 2.19. The number of hydrogen-bond donors (Lipinski definition) is 0. The van der Waals surface area contributed by atoms with Crippen LogP contribution in [0.3, 0.4) is 0 Å². The van der Waals surface area contributed by atoms with Gasteiger partial charge in [0, 0.05) is 4.90 Å². The van der Waals surface area contributed by atoms with Crippen molar-refractivity contribution in [3.63, 3.8) is 0 Å². The molecule has 0 saturated carbocycles. The average Bonchev–Trinajstić information content (AvgIpc) is 2.26. The van der Waals surface area contributed by atoms with E-state index in [4.69, 9.17) is 0 Å². The van der Waals surface area contributed by atoms with Crippen molar-refractivity contribution >= 4 is 33.5 Å². The summed E-state index contributed by atoms with van der Waals surface area (Å²) in [4.78, 5) is 12.4. The summed E-state index contributed by atoms with van der Waals surface area (Å²) < 4.78 is 0. The maximum absolute atomic E-state index is 11.4. The van der Waals surface area contributed by atoms with Crippen molar-refractivity contribution in [3.8, 4) is 0 Å². The SMILES string of the molecule is CCc1cccc(SC)c1C(Br)C(C)=O. The third kappa shape index (κ3) is 2.85. The molecule has 0 aliphatic heterocycles. The van der Waals surface area contributed by atoms with Gasteiger partial charge in [-0.1, -0.05) is 35.0 Å². The van der Waals surface area contributed by atoms with Crippen LogP contribution in [0.2, 0.25) is 0 Å². The van der Waals surface area contributed by atoms with E-state index in [1.807, 2.05) is 12.3 Å². The van der Waals surface area contributed by atoms with Crippen LogP contribution in [0.25, 0.3) is 0 Å². The highest BCUT2D eigenvalue weighted by Crippen LogP contribution is 2.34. The van der Waals surface area contributed by atoms with Crippen LogP contribution >= 0.6 is 27.7 Å². The molecular formula is C12H15BrOS. The third-order valence-corrected chi connectivity index (χ3v) is 4.27. The first-order valence-corrected chi connectivity index (χ1v) is 7.06. The zero-order valence-electron chi connectivity index (χ0n) is 9.21. The van der Waals surface area contributed by atoms with Crippen molar-refractivity contribution in [1.82, 2.24) is 0 Å². The van der Waals surface area contributed by atoms with E-state index >= 15 is 0 Å². The first-order chi connectivity index (χ1) is 7.11. The molecule has 0 aromatic heterocycles. The lowest BCUT2D eigenvalue weighted by molar-refractivity contribution is -0.116. The van der Waals surface area contributed by atoms with Gasteiger partial charge in [-0.15, -0.1) is 11.8 Å². The van der Waals surface area contributed by atoms with Crippen molar-refractivity contribution in [1.29, 1.82) is 0 Å². The Morgan fingerprint density at radius 3 is 2.67 bits per heavy atom. The summed E-state index contributed by atoms with van der Waals surface area (Å²) in [6.45, 7) is 3.73. The van der Waals surface area contributed by atoms with Crippen LogP contribution in [0.4, 0.5) is 0 Å². The fourth-order valence-electron chi connectivity index (χ4n) is 1.57. The Morgan fingerprint density at radius 1 is 1.53 bits per heavy atom. The predicted molar refractivity (Wildman–Crippen MR) is 70.0 cm³/mol. The summed E-state index contributed by atoms with van der Waals surface area (Å²) in [5.74, 6) is 0.159. The first-order valence-electron chi connectivity index (χ1n) is 4.92. The molecule has 0 amide bonds. The molecule has 1 rings (SSSR count). The molecule has 0 heterocycles. The monoisotopic (exact) mass is 286 g/mol. The number of hydrogen-bond acceptors (Lipinski definition) is 2. The van der Waals surface area contributed by atoms with Crippen LogP contribution in [0.15, 0.2) is 23.1 Å². The standard InChI is InChI=1S/C12H15BrOS/c1-4-9-6-5-7-10(15-3)11(9)12(13)8(2)14/h5-7,12H,4H2,1-3H3. The molecule has 0 N–H and O–H groups in total. The molecule has 0 radical (unpaired) electrons. The summed E-state index contributed by atoms with van der Waals surface area (Å²) in [7, 11) is 0. The number of carbonyl (C=O) groups excluding carboxylic acids is 1. The number of rotatable bonds is 4. The Kier molecular flexibility index (Phi) is 4.87. The van der Waals surface area contributed by atoms with Crippen LogP contribution in [-0.2, 0) is 11.2 Å². The molecular weight excluding hydrogens is 272 g/mol. The molecule has 1 atom stereocenters. The van der Waals surface area contributed by atoms with E-state index in [2.05, 4.69) is 35.0 Å². The Labute approximate surface area is 104 Å². The zero-order chi connectivity index (χ0) is 11.4. The Bertz CT molecular complexity index is 340. The molecule has 1 aromatic rings. The van der Waals surface area contributed by atoms with Crippen molar-refractivity contribution in [2.24, 2.45) is 0 Å². The summed E-state index contributed by atoms with van der Waals surface area (Å²) in [5.41, 5.74) is 2.39. The van der Waals surface area contributed by atoms with Crippen LogP contribution in [0.1, 0.15) is 29.8 Å². The largest absolute Gasteiger partial charge is 0.298 e. The van der Waals surface area contributed by atoms with Crippen molar-refractivity contribution in [3.05, 3.63) is 29.3 Å². The highest BCUT2D eigenvalue weighted by molar-refractivity contribution is 9.09. The second-order valence-electron chi connectivity index (χ2n) is 3.36. The van der Waals surface area contributed by atoms with Gasteiger partial charge in [0.15, 0.2) is 0 Å². The second-order valence-corrected chi connectivity index (χ2v) is 5.12. The molecule has 0 aliphatic carbocycles. The lowest BCUT2D eigenvalue weighted by atomic mass is 10.0. The minimum Gasteiger partial charge on any atom is -0.298 e. The molecule has 1 unspecified atom stereocenters. The van der Waals surface area contributed by atoms with Crippen LogP contribution < -0.4 is 0 Å². The number of ketones is 1. The topological polar surface area (TPSA) is 17.1 Å². The fourth-order valence-corrected chi connectivity index (χ4v) is 2.94. The number of halogens is 1. The summed E-state index contributed by atoms with van der Waals surface area (Å²) in [6, 6.07) is 6.20. The lowest BCUT2D eigenvalue weighted by Crippen LogP contribution is -2.06. The number of carbonyl (C=O) groups is 1. The normalized spacial score (nSPS) is 12.5. The lowest BCUT2D eigenvalue weighted by Gasteiger charge is -2.15. The van der Waals surface area contributed by atoms with Crippen LogP contribution in [0.5, 0.6) is 0 Å². The van der Waals surface area contributed by atoms with E-state index in [1.54, 1.807) is 18.7 Å². The smallest absolute Gasteiger partial charge is 0.147 e. The average molecular weight is 287 g/mol. The second kappa shape index (κ2) is 5.71. The number of benzene rings is 1. The number of alkyl halides is 1. The fraction of sp³-hybridized carbons (Fsp3) is 0.417.